The molecule has 29 heavy (non-hydrogen) atoms. The number of nitrogens with zero attached hydrogens (tertiary/aromatic N) is 3. The van der Waals surface area contributed by atoms with Gasteiger partial charge < -0.3 is 10.1 Å². The number of carbonyl (C=O) groups is 1. The smallest absolute Gasteiger partial charge is 0.243 e. The van der Waals surface area contributed by atoms with Crippen molar-refractivity contribution in [3.8, 4) is 5.75 Å². The molecular weight excluding hydrogens is 392 g/mol. The fourth-order valence-corrected chi connectivity index (χ4v) is 5.03. The van der Waals surface area contributed by atoms with E-state index in [9.17, 15) is 13.2 Å². The van der Waals surface area contributed by atoms with Crippen molar-refractivity contribution in [2.75, 3.05) is 25.5 Å². The molecule has 0 unspecified atom stereocenters. The normalized spacial score (nSPS) is 18.0. The third-order valence-corrected chi connectivity index (χ3v) is 6.93. The quantitative estimate of drug-likeness (QED) is 0.776. The van der Waals surface area contributed by atoms with E-state index < -0.39 is 15.9 Å². The second kappa shape index (κ2) is 8.54. The lowest BCUT2D eigenvalue weighted by Gasteiger charge is -2.31. The van der Waals surface area contributed by atoms with Gasteiger partial charge in [-0.3, -0.25) is 4.79 Å². The molecule has 1 N–H and O–H groups in total. The van der Waals surface area contributed by atoms with Crippen LogP contribution >= 0.6 is 0 Å². The molecule has 2 aromatic rings. The Kier molecular flexibility index (Phi) is 6.28. The van der Waals surface area contributed by atoms with Crippen LogP contribution in [0.2, 0.25) is 0 Å². The van der Waals surface area contributed by atoms with Crippen LogP contribution in [0.1, 0.15) is 38.4 Å². The summed E-state index contributed by atoms with van der Waals surface area (Å²) in [5, 5.41) is 7.33. The fourth-order valence-electron chi connectivity index (χ4n) is 3.50. The Morgan fingerprint density at radius 3 is 2.59 bits per heavy atom. The average Bonchev–Trinajstić information content (AvgIpc) is 3.08. The van der Waals surface area contributed by atoms with Crippen LogP contribution in [0.15, 0.2) is 35.2 Å². The number of anilines is 1. The highest BCUT2D eigenvalue weighted by molar-refractivity contribution is 7.89. The predicted molar refractivity (Wildman–Crippen MR) is 110 cm³/mol. The van der Waals surface area contributed by atoms with E-state index in [1.54, 1.807) is 16.8 Å². The molecule has 9 heteroatoms. The van der Waals surface area contributed by atoms with E-state index in [0.29, 0.717) is 31.0 Å². The van der Waals surface area contributed by atoms with Gasteiger partial charge in [-0.05, 0) is 57.9 Å². The van der Waals surface area contributed by atoms with Crippen LogP contribution in [-0.4, -0.2) is 48.6 Å². The number of aromatic nitrogens is 2. The number of hydrogen-bond donors (Lipinski definition) is 1. The first-order chi connectivity index (χ1) is 13.7. The maximum atomic E-state index is 13.0. The molecule has 0 spiro atoms. The zero-order chi connectivity index (χ0) is 21.2. The van der Waals surface area contributed by atoms with Gasteiger partial charge >= 0.3 is 0 Å². The highest BCUT2D eigenvalue weighted by Crippen LogP contribution is 2.26. The summed E-state index contributed by atoms with van der Waals surface area (Å²) in [4.78, 5) is 13.1. The number of methoxy groups -OCH3 is 1. The number of aryl methyl sites for hydroxylation is 1. The molecule has 1 saturated heterocycles. The van der Waals surface area contributed by atoms with E-state index in [1.807, 2.05) is 26.8 Å². The summed E-state index contributed by atoms with van der Waals surface area (Å²) in [6.45, 7) is 6.42. The van der Waals surface area contributed by atoms with Crippen LogP contribution in [0.3, 0.4) is 0 Å². The van der Waals surface area contributed by atoms with Gasteiger partial charge in [0.2, 0.25) is 15.9 Å². The molecule has 0 bridgehead atoms. The van der Waals surface area contributed by atoms with Crippen molar-refractivity contribution in [2.24, 2.45) is 5.92 Å². The van der Waals surface area contributed by atoms with Crippen molar-refractivity contribution in [3.63, 3.8) is 0 Å². The summed E-state index contributed by atoms with van der Waals surface area (Å²) in [7, 11) is -2.13. The van der Waals surface area contributed by atoms with Crippen molar-refractivity contribution in [1.82, 2.24) is 14.1 Å². The van der Waals surface area contributed by atoms with Gasteiger partial charge in [-0.15, -0.1) is 0 Å². The summed E-state index contributed by atoms with van der Waals surface area (Å²) >= 11 is 0. The number of piperidine rings is 1. The van der Waals surface area contributed by atoms with Crippen LogP contribution in [0.4, 0.5) is 5.82 Å². The predicted octanol–water partition coefficient (Wildman–Crippen LogP) is 2.82. The number of benzene rings is 1. The standard InChI is InChI=1S/C20H28N4O4S/c1-14(2)24-19(12-15(3)22-24)21-20(25)16-6-5-11-23(13-16)29(26,27)18-9-7-17(28-4)8-10-18/h7-10,12,14,16H,5-6,11,13H2,1-4H3,(H,21,25)/t16-/m0/s1. The summed E-state index contributed by atoms with van der Waals surface area (Å²) < 4.78 is 34.3. The molecular formula is C20H28N4O4S. The fraction of sp³-hybridized carbons (Fsp3) is 0.500. The first-order valence-electron chi connectivity index (χ1n) is 9.73. The number of hydrogen-bond acceptors (Lipinski definition) is 5. The molecule has 1 aliphatic heterocycles. The first-order valence-corrected chi connectivity index (χ1v) is 11.2. The number of amides is 1. The molecule has 3 rings (SSSR count). The van der Waals surface area contributed by atoms with Crippen LogP contribution in [0.5, 0.6) is 5.75 Å². The molecule has 1 fully saturated rings. The van der Waals surface area contributed by atoms with Gasteiger partial charge in [0.25, 0.3) is 0 Å². The second-order valence-corrected chi connectivity index (χ2v) is 9.51. The van der Waals surface area contributed by atoms with Gasteiger partial charge in [-0.2, -0.15) is 9.40 Å². The zero-order valence-corrected chi connectivity index (χ0v) is 18.1. The van der Waals surface area contributed by atoms with Crippen LogP contribution in [0, 0.1) is 12.8 Å². The van der Waals surface area contributed by atoms with Gasteiger partial charge in [0.1, 0.15) is 11.6 Å². The largest absolute Gasteiger partial charge is 0.497 e. The van der Waals surface area contributed by atoms with Crippen LogP contribution < -0.4 is 10.1 Å². The number of rotatable bonds is 6. The molecule has 1 aromatic carbocycles. The lowest BCUT2D eigenvalue weighted by Crippen LogP contribution is -2.43. The van der Waals surface area contributed by atoms with Crippen molar-refractivity contribution in [1.29, 1.82) is 0 Å². The second-order valence-electron chi connectivity index (χ2n) is 7.58. The van der Waals surface area contributed by atoms with E-state index in [1.165, 1.54) is 23.5 Å². The molecule has 1 aliphatic rings. The maximum absolute atomic E-state index is 13.0. The van der Waals surface area contributed by atoms with Crippen LogP contribution in [-0.2, 0) is 14.8 Å². The minimum atomic E-state index is -3.66. The van der Waals surface area contributed by atoms with E-state index in [4.69, 9.17) is 4.74 Å². The van der Waals surface area contributed by atoms with Gasteiger partial charge in [0.05, 0.1) is 23.6 Å². The Morgan fingerprint density at radius 1 is 1.28 bits per heavy atom. The topological polar surface area (TPSA) is 93.5 Å². The van der Waals surface area contributed by atoms with E-state index in [0.717, 1.165) is 5.69 Å². The lowest BCUT2D eigenvalue weighted by molar-refractivity contribution is -0.120. The van der Waals surface area contributed by atoms with Gasteiger partial charge in [-0.1, -0.05) is 0 Å². The number of ether oxygens (including phenoxy) is 1. The molecule has 158 valence electrons. The highest BCUT2D eigenvalue weighted by Gasteiger charge is 2.33. The third kappa shape index (κ3) is 4.62. The number of nitrogens with one attached hydrogen (secondary N) is 1. The molecule has 0 aliphatic carbocycles. The van der Waals surface area contributed by atoms with E-state index >= 15 is 0 Å². The van der Waals surface area contributed by atoms with Crippen molar-refractivity contribution < 1.29 is 17.9 Å². The summed E-state index contributed by atoms with van der Waals surface area (Å²) in [5.41, 5.74) is 0.821. The molecule has 1 amide bonds. The average molecular weight is 421 g/mol. The number of sulfonamides is 1. The molecule has 0 saturated carbocycles. The molecule has 2 heterocycles. The van der Waals surface area contributed by atoms with Crippen molar-refractivity contribution in [3.05, 3.63) is 36.0 Å². The minimum Gasteiger partial charge on any atom is -0.497 e. The Balaban J connectivity index is 1.73. The summed E-state index contributed by atoms with van der Waals surface area (Å²) in [6, 6.07) is 8.24. The van der Waals surface area contributed by atoms with Crippen molar-refractivity contribution >= 4 is 21.7 Å². The number of carbonyl (C=O) groups excluding carboxylic acids is 1. The zero-order valence-electron chi connectivity index (χ0n) is 17.3. The Labute approximate surface area is 171 Å². The molecule has 8 nitrogen and oxygen atoms in total. The summed E-state index contributed by atoms with van der Waals surface area (Å²) in [6.07, 6.45) is 1.28. The van der Waals surface area contributed by atoms with E-state index in [2.05, 4.69) is 10.4 Å². The van der Waals surface area contributed by atoms with Gasteiger partial charge in [0.15, 0.2) is 0 Å². The maximum Gasteiger partial charge on any atom is 0.243 e. The lowest BCUT2D eigenvalue weighted by atomic mass is 9.99. The first kappa shape index (κ1) is 21.3. The molecule has 0 radical (unpaired) electrons. The van der Waals surface area contributed by atoms with Gasteiger partial charge in [0, 0.05) is 25.2 Å². The minimum absolute atomic E-state index is 0.109. The highest BCUT2D eigenvalue weighted by atomic mass is 32.2. The molecule has 1 atom stereocenters. The Bertz CT molecular complexity index is 967. The SMILES string of the molecule is COc1ccc(S(=O)(=O)N2CCC[C@H](C(=O)Nc3cc(C)nn3C(C)C)C2)cc1. The van der Waals surface area contributed by atoms with Crippen molar-refractivity contribution in [2.45, 2.75) is 44.6 Å². The summed E-state index contributed by atoms with van der Waals surface area (Å²) in [5.74, 6) is 0.642. The Hall–Kier alpha value is -2.39. The Morgan fingerprint density at radius 2 is 1.97 bits per heavy atom. The molecule has 1 aromatic heterocycles. The van der Waals surface area contributed by atoms with Gasteiger partial charge in [-0.25, -0.2) is 13.1 Å². The van der Waals surface area contributed by atoms with Crippen LogP contribution in [0.25, 0.3) is 0 Å². The van der Waals surface area contributed by atoms with E-state index in [-0.39, 0.29) is 23.4 Å². The third-order valence-electron chi connectivity index (χ3n) is 5.05. The monoisotopic (exact) mass is 420 g/mol.